The SMILES string of the molecule is CC(C)=CCC1(CC=C(C)C)CC(=O)c2ccccc2C1=O. The van der Waals surface area contributed by atoms with E-state index >= 15 is 0 Å². The zero-order valence-electron chi connectivity index (χ0n) is 13.9. The smallest absolute Gasteiger partial charge is 0.170 e. The van der Waals surface area contributed by atoms with Gasteiger partial charge in [0.15, 0.2) is 11.6 Å². The van der Waals surface area contributed by atoms with Crippen LogP contribution in [0.5, 0.6) is 0 Å². The van der Waals surface area contributed by atoms with Gasteiger partial charge in [-0.15, -0.1) is 0 Å². The maximum atomic E-state index is 13.1. The predicted octanol–water partition coefficient (Wildman–Crippen LogP) is 5.15. The molecule has 0 saturated carbocycles. The molecule has 0 amide bonds. The topological polar surface area (TPSA) is 34.1 Å². The summed E-state index contributed by atoms with van der Waals surface area (Å²) in [5.74, 6) is 0.192. The van der Waals surface area contributed by atoms with Gasteiger partial charge in [0.1, 0.15) is 0 Å². The number of fused-ring (bicyclic) bond motifs is 1. The van der Waals surface area contributed by atoms with Crippen LogP contribution in [0.15, 0.2) is 47.6 Å². The first-order chi connectivity index (χ1) is 10.4. The van der Waals surface area contributed by atoms with Gasteiger partial charge >= 0.3 is 0 Å². The Hall–Kier alpha value is -1.96. The Bertz CT molecular complexity index is 634. The summed E-state index contributed by atoms with van der Waals surface area (Å²) in [7, 11) is 0. The maximum Gasteiger partial charge on any atom is 0.170 e. The molecule has 0 N–H and O–H groups in total. The van der Waals surface area contributed by atoms with E-state index in [2.05, 4.69) is 12.2 Å². The zero-order valence-corrected chi connectivity index (χ0v) is 13.9. The summed E-state index contributed by atoms with van der Waals surface area (Å²) in [6.07, 6.45) is 5.71. The highest BCUT2D eigenvalue weighted by Gasteiger charge is 2.44. The number of hydrogen-bond donors (Lipinski definition) is 0. The van der Waals surface area contributed by atoms with E-state index in [4.69, 9.17) is 0 Å². The lowest BCUT2D eigenvalue weighted by atomic mass is 9.66. The first-order valence-corrected chi connectivity index (χ1v) is 7.79. The molecule has 0 aromatic heterocycles. The van der Waals surface area contributed by atoms with Crippen molar-refractivity contribution in [1.82, 2.24) is 0 Å². The Morgan fingerprint density at radius 1 is 0.955 bits per heavy atom. The number of rotatable bonds is 4. The van der Waals surface area contributed by atoms with E-state index in [9.17, 15) is 9.59 Å². The summed E-state index contributed by atoms with van der Waals surface area (Å²) < 4.78 is 0. The summed E-state index contributed by atoms with van der Waals surface area (Å²) in [6.45, 7) is 8.10. The molecule has 0 atom stereocenters. The van der Waals surface area contributed by atoms with Crippen LogP contribution in [0.4, 0.5) is 0 Å². The van der Waals surface area contributed by atoms with Gasteiger partial charge in [-0.3, -0.25) is 9.59 Å². The van der Waals surface area contributed by atoms with Gasteiger partial charge in [0, 0.05) is 23.0 Å². The minimum Gasteiger partial charge on any atom is -0.294 e. The Kier molecular flexibility index (Phi) is 4.80. The highest BCUT2D eigenvalue weighted by Crippen LogP contribution is 2.42. The number of Topliss-reactive ketones (excluding diaryl/α,β-unsaturated/α-hetero) is 2. The first kappa shape index (κ1) is 16.4. The third kappa shape index (κ3) is 3.27. The Labute approximate surface area is 132 Å². The number of allylic oxidation sites excluding steroid dienone is 4. The molecule has 0 saturated heterocycles. The van der Waals surface area contributed by atoms with E-state index in [0.717, 1.165) is 0 Å². The lowest BCUT2D eigenvalue weighted by molar-refractivity contribution is 0.0692. The van der Waals surface area contributed by atoms with Gasteiger partial charge in [0.2, 0.25) is 0 Å². The van der Waals surface area contributed by atoms with E-state index in [1.54, 1.807) is 12.1 Å². The molecule has 116 valence electrons. The van der Waals surface area contributed by atoms with Gasteiger partial charge in [-0.1, -0.05) is 47.6 Å². The molecule has 1 aromatic carbocycles. The average Bonchev–Trinajstić information content (AvgIpc) is 2.48. The zero-order chi connectivity index (χ0) is 16.3. The van der Waals surface area contributed by atoms with Crippen molar-refractivity contribution < 1.29 is 9.59 Å². The molecule has 0 aliphatic heterocycles. The van der Waals surface area contributed by atoms with Gasteiger partial charge in [-0.2, -0.15) is 0 Å². The fraction of sp³-hybridized carbons (Fsp3) is 0.400. The van der Waals surface area contributed by atoms with E-state index < -0.39 is 5.41 Å². The lowest BCUT2D eigenvalue weighted by Gasteiger charge is -2.34. The number of carbonyl (C=O) groups is 2. The van der Waals surface area contributed by atoms with Crippen molar-refractivity contribution in [2.24, 2.45) is 5.41 Å². The lowest BCUT2D eigenvalue weighted by Crippen LogP contribution is -2.38. The van der Waals surface area contributed by atoms with Crippen LogP contribution in [0.3, 0.4) is 0 Å². The van der Waals surface area contributed by atoms with Crippen molar-refractivity contribution in [3.8, 4) is 0 Å². The summed E-state index contributed by atoms with van der Waals surface area (Å²) in [5, 5.41) is 0. The van der Waals surface area contributed by atoms with Crippen LogP contribution in [0.25, 0.3) is 0 Å². The molecule has 0 bridgehead atoms. The molecule has 2 nitrogen and oxygen atoms in total. The largest absolute Gasteiger partial charge is 0.294 e. The van der Waals surface area contributed by atoms with Crippen LogP contribution in [0, 0.1) is 5.41 Å². The molecule has 1 aliphatic carbocycles. The van der Waals surface area contributed by atoms with Crippen LogP contribution < -0.4 is 0 Å². The van der Waals surface area contributed by atoms with E-state index in [1.807, 2.05) is 39.8 Å². The Morgan fingerprint density at radius 2 is 1.45 bits per heavy atom. The third-order valence-electron chi connectivity index (χ3n) is 4.25. The van der Waals surface area contributed by atoms with Gasteiger partial charge < -0.3 is 0 Å². The number of benzene rings is 1. The molecule has 0 unspecified atom stereocenters. The fourth-order valence-electron chi connectivity index (χ4n) is 2.90. The third-order valence-corrected chi connectivity index (χ3v) is 4.25. The second-order valence-electron chi connectivity index (χ2n) is 6.73. The van der Waals surface area contributed by atoms with Crippen molar-refractivity contribution in [2.45, 2.75) is 47.0 Å². The number of ketones is 2. The highest BCUT2D eigenvalue weighted by molar-refractivity contribution is 6.16. The first-order valence-electron chi connectivity index (χ1n) is 7.79. The molecule has 22 heavy (non-hydrogen) atoms. The van der Waals surface area contributed by atoms with Gasteiger partial charge in [0.05, 0.1) is 0 Å². The maximum absolute atomic E-state index is 13.1. The van der Waals surface area contributed by atoms with Gasteiger partial charge in [0.25, 0.3) is 0 Å². The van der Waals surface area contributed by atoms with E-state index in [1.165, 1.54) is 11.1 Å². The Balaban J connectivity index is 2.50. The molecule has 0 fully saturated rings. The second kappa shape index (κ2) is 6.43. The van der Waals surface area contributed by atoms with Crippen LogP contribution in [0.1, 0.15) is 67.7 Å². The normalized spacial score (nSPS) is 16.0. The quantitative estimate of drug-likeness (QED) is 0.720. The molecule has 1 aliphatic rings. The van der Waals surface area contributed by atoms with Gasteiger partial charge in [-0.25, -0.2) is 0 Å². The van der Waals surface area contributed by atoms with Crippen molar-refractivity contribution in [2.75, 3.05) is 0 Å². The van der Waals surface area contributed by atoms with Crippen LogP contribution in [-0.2, 0) is 0 Å². The van der Waals surface area contributed by atoms with Crippen molar-refractivity contribution in [3.63, 3.8) is 0 Å². The van der Waals surface area contributed by atoms with Crippen molar-refractivity contribution >= 4 is 11.6 Å². The van der Waals surface area contributed by atoms with Crippen molar-refractivity contribution in [3.05, 3.63) is 58.7 Å². The van der Waals surface area contributed by atoms with Crippen molar-refractivity contribution in [1.29, 1.82) is 0 Å². The molecule has 2 heteroatoms. The average molecular weight is 296 g/mol. The molecule has 0 heterocycles. The minimum absolute atomic E-state index is 0.0829. The van der Waals surface area contributed by atoms with Crippen LogP contribution in [-0.4, -0.2) is 11.6 Å². The fourth-order valence-corrected chi connectivity index (χ4v) is 2.90. The second-order valence-corrected chi connectivity index (χ2v) is 6.73. The molecular formula is C20H24O2. The summed E-state index contributed by atoms with van der Waals surface area (Å²) in [6, 6.07) is 7.21. The monoisotopic (exact) mass is 296 g/mol. The summed E-state index contributed by atoms with van der Waals surface area (Å²) in [4.78, 5) is 25.6. The Morgan fingerprint density at radius 3 is 1.95 bits per heavy atom. The molecule has 2 rings (SSSR count). The molecular weight excluding hydrogens is 272 g/mol. The van der Waals surface area contributed by atoms with E-state index in [0.29, 0.717) is 30.4 Å². The van der Waals surface area contributed by atoms with Gasteiger partial charge in [-0.05, 0) is 40.5 Å². The van der Waals surface area contributed by atoms with Crippen LogP contribution in [0.2, 0.25) is 0 Å². The molecule has 0 spiro atoms. The minimum atomic E-state index is -0.625. The number of carbonyl (C=O) groups excluding carboxylic acids is 2. The highest BCUT2D eigenvalue weighted by atomic mass is 16.1. The molecule has 1 aromatic rings. The summed E-state index contributed by atoms with van der Waals surface area (Å²) >= 11 is 0. The van der Waals surface area contributed by atoms with Crippen LogP contribution >= 0.6 is 0 Å². The molecule has 0 radical (unpaired) electrons. The standard InChI is InChI=1S/C20H24O2/c1-14(2)9-11-20(12-10-15(3)4)13-18(21)16-7-5-6-8-17(16)19(20)22/h5-10H,11-13H2,1-4H3. The number of hydrogen-bond acceptors (Lipinski definition) is 2. The predicted molar refractivity (Wildman–Crippen MR) is 90.2 cm³/mol. The van der Waals surface area contributed by atoms with E-state index in [-0.39, 0.29) is 11.6 Å². The summed E-state index contributed by atoms with van der Waals surface area (Å²) in [5.41, 5.74) is 2.90.